The SMILES string of the molecule is Cc1cc2c(=O)n(C(C)c3ccccc3)c(C)nc2[nH]1. The first-order valence-corrected chi connectivity index (χ1v) is 6.71. The molecule has 0 aliphatic rings. The second kappa shape index (κ2) is 4.63. The minimum absolute atomic E-state index is 0.00760. The minimum Gasteiger partial charge on any atom is -0.343 e. The Hall–Kier alpha value is -2.36. The molecule has 0 fully saturated rings. The summed E-state index contributed by atoms with van der Waals surface area (Å²) < 4.78 is 1.75. The van der Waals surface area contributed by atoms with Crippen LogP contribution in [0.2, 0.25) is 0 Å². The van der Waals surface area contributed by atoms with Crippen molar-refractivity contribution in [3.63, 3.8) is 0 Å². The fourth-order valence-electron chi connectivity index (χ4n) is 2.66. The van der Waals surface area contributed by atoms with Crippen molar-refractivity contribution in [2.45, 2.75) is 26.8 Å². The first-order chi connectivity index (χ1) is 9.58. The molecule has 0 aliphatic heterocycles. The van der Waals surface area contributed by atoms with Gasteiger partial charge < -0.3 is 4.98 Å². The molecule has 102 valence electrons. The zero-order chi connectivity index (χ0) is 14.3. The Bertz CT molecular complexity index is 815. The van der Waals surface area contributed by atoms with E-state index < -0.39 is 0 Å². The third-order valence-corrected chi connectivity index (χ3v) is 3.67. The molecule has 3 rings (SSSR count). The molecule has 1 aromatic carbocycles. The van der Waals surface area contributed by atoms with Gasteiger partial charge in [0.2, 0.25) is 0 Å². The van der Waals surface area contributed by atoms with Crippen molar-refractivity contribution in [3.8, 4) is 0 Å². The minimum atomic E-state index is -0.0317. The van der Waals surface area contributed by atoms with Gasteiger partial charge in [-0.25, -0.2) is 4.98 Å². The van der Waals surface area contributed by atoms with Crippen LogP contribution in [0.15, 0.2) is 41.2 Å². The van der Waals surface area contributed by atoms with E-state index >= 15 is 0 Å². The maximum Gasteiger partial charge on any atom is 0.263 e. The monoisotopic (exact) mass is 267 g/mol. The molecule has 0 amide bonds. The van der Waals surface area contributed by atoms with Crippen LogP contribution in [0, 0.1) is 13.8 Å². The predicted octanol–water partition coefficient (Wildman–Crippen LogP) is 2.95. The number of benzene rings is 1. The summed E-state index contributed by atoms with van der Waals surface area (Å²) in [6.07, 6.45) is 0. The second-order valence-corrected chi connectivity index (χ2v) is 5.14. The van der Waals surface area contributed by atoms with Crippen LogP contribution in [-0.2, 0) is 0 Å². The van der Waals surface area contributed by atoms with Gasteiger partial charge in [-0.1, -0.05) is 30.3 Å². The largest absolute Gasteiger partial charge is 0.343 e. The second-order valence-electron chi connectivity index (χ2n) is 5.14. The van der Waals surface area contributed by atoms with Gasteiger partial charge >= 0.3 is 0 Å². The number of nitrogens with one attached hydrogen (secondary N) is 1. The van der Waals surface area contributed by atoms with Gasteiger partial charge in [0.05, 0.1) is 11.4 Å². The van der Waals surface area contributed by atoms with E-state index in [0.717, 1.165) is 17.1 Å². The van der Waals surface area contributed by atoms with Gasteiger partial charge in [-0.2, -0.15) is 0 Å². The van der Waals surface area contributed by atoms with Gasteiger partial charge in [0, 0.05) is 5.69 Å². The number of aryl methyl sites for hydroxylation is 2. The quantitative estimate of drug-likeness (QED) is 0.776. The fraction of sp³-hybridized carbons (Fsp3) is 0.250. The van der Waals surface area contributed by atoms with Gasteiger partial charge in [0.15, 0.2) is 0 Å². The smallest absolute Gasteiger partial charge is 0.263 e. The van der Waals surface area contributed by atoms with E-state index in [9.17, 15) is 4.79 Å². The van der Waals surface area contributed by atoms with Gasteiger partial charge in [-0.05, 0) is 32.4 Å². The van der Waals surface area contributed by atoms with Crippen LogP contribution in [0.1, 0.15) is 30.0 Å². The van der Waals surface area contributed by atoms with Crippen LogP contribution < -0.4 is 5.56 Å². The zero-order valence-electron chi connectivity index (χ0n) is 11.8. The van der Waals surface area contributed by atoms with E-state index in [1.54, 1.807) is 4.57 Å². The lowest BCUT2D eigenvalue weighted by Gasteiger charge is -2.17. The standard InChI is InChI=1S/C16H17N3O/c1-10-9-14-15(17-10)18-12(3)19(16(14)20)11(2)13-7-5-4-6-8-13/h4-9,11,17H,1-3H3. The van der Waals surface area contributed by atoms with Crippen molar-refractivity contribution in [3.05, 3.63) is 63.8 Å². The molecule has 0 radical (unpaired) electrons. The number of aromatic amines is 1. The lowest BCUT2D eigenvalue weighted by Crippen LogP contribution is -2.27. The highest BCUT2D eigenvalue weighted by Gasteiger charge is 2.16. The van der Waals surface area contributed by atoms with Crippen molar-refractivity contribution in [2.24, 2.45) is 0 Å². The molecule has 1 atom stereocenters. The average Bonchev–Trinajstić information content (AvgIpc) is 2.80. The molecule has 0 bridgehead atoms. The summed E-state index contributed by atoms with van der Waals surface area (Å²) >= 11 is 0. The highest BCUT2D eigenvalue weighted by molar-refractivity contribution is 5.75. The number of fused-ring (bicyclic) bond motifs is 1. The third-order valence-electron chi connectivity index (χ3n) is 3.67. The first kappa shape index (κ1) is 12.7. The molecule has 4 nitrogen and oxygen atoms in total. The summed E-state index contributed by atoms with van der Waals surface area (Å²) in [5.74, 6) is 0.723. The summed E-state index contributed by atoms with van der Waals surface area (Å²) in [7, 11) is 0. The van der Waals surface area contributed by atoms with Crippen molar-refractivity contribution < 1.29 is 0 Å². The van der Waals surface area contributed by atoms with Crippen molar-refractivity contribution in [2.75, 3.05) is 0 Å². The Labute approximate surface area is 117 Å². The Balaban J connectivity index is 2.23. The van der Waals surface area contributed by atoms with Gasteiger partial charge in [-0.15, -0.1) is 0 Å². The molecule has 1 N–H and O–H groups in total. The third kappa shape index (κ3) is 1.93. The number of H-pyrrole nitrogens is 1. The van der Waals surface area contributed by atoms with E-state index in [0.29, 0.717) is 11.0 Å². The van der Waals surface area contributed by atoms with Crippen molar-refractivity contribution >= 4 is 11.0 Å². The number of aromatic nitrogens is 3. The van der Waals surface area contributed by atoms with Crippen LogP contribution in [0.3, 0.4) is 0 Å². The van der Waals surface area contributed by atoms with Gasteiger partial charge in [-0.3, -0.25) is 9.36 Å². The molecule has 0 aliphatic carbocycles. The maximum absolute atomic E-state index is 12.7. The molecule has 0 spiro atoms. The molecule has 2 aromatic heterocycles. The normalized spacial score (nSPS) is 12.8. The lowest BCUT2D eigenvalue weighted by atomic mass is 10.1. The number of rotatable bonds is 2. The number of hydrogen-bond acceptors (Lipinski definition) is 2. The number of nitrogens with zero attached hydrogens (tertiary/aromatic N) is 2. The molecule has 3 aromatic rings. The highest BCUT2D eigenvalue weighted by atomic mass is 16.1. The highest BCUT2D eigenvalue weighted by Crippen LogP contribution is 2.18. The van der Waals surface area contributed by atoms with Crippen LogP contribution in [-0.4, -0.2) is 14.5 Å². The van der Waals surface area contributed by atoms with Gasteiger partial charge in [0.25, 0.3) is 5.56 Å². The fourth-order valence-corrected chi connectivity index (χ4v) is 2.66. The molecular weight excluding hydrogens is 250 g/mol. The Morgan fingerprint density at radius 2 is 1.90 bits per heavy atom. The molecule has 2 heterocycles. The molecule has 4 heteroatoms. The van der Waals surface area contributed by atoms with E-state index in [2.05, 4.69) is 9.97 Å². The molecule has 0 saturated carbocycles. The summed E-state index contributed by atoms with van der Waals surface area (Å²) in [6, 6.07) is 11.8. The van der Waals surface area contributed by atoms with Crippen LogP contribution in [0.5, 0.6) is 0 Å². The lowest BCUT2D eigenvalue weighted by molar-refractivity contribution is 0.587. The summed E-state index contributed by atoms with van der Waals surface area (Å²) in [6.45, 7) is 5.83. The Morgan fingerprint density at radius 3 is 2.60 bits per heavy atom. The van der Waals surface area contributed by atoms with Crippen LogP contribution in [0.25, 0.3) is 11.0 Å². The molecular formula is C16H17N3O. The molecule has 20 heavy (non-hydrogen) atoms. The van der Waals surface area contributed by atoms with E-state index in [1.807, 2.05) is 57.2 Å². The van der Waals surface area contributed by atoms with Crippen LogP contribution in [0.4, 0.5) is 0 Å². The van der Waals surface area contributed by atoms with Crippen molar-refractivity contribution in [1.82, 2.24) is 14.5 Å². The molecule has 0 saturated heterocycles. The van der Waals surface area contributed by atoms with Crippen LogP contribution >= 0.6 is 0 Å². The summed E-state index contributed by atoms with van der Waals surface area (Å²) in [5.41, 5.74) is 2.73. The maximum atomic E-state index is 12.7. The van der Waals surface area contributed by atoms with Crippen molar-refractivity contribution in [1.29, 1.82) is 0 Å². The summed E-state index contributed by atoms with van der Waals surface area (Å²) in [4.78, 5) is 20.3. The van der Waals surface area contributed by atoms with Gasteiger partial charge in [0.1, 0.15) is 11.5 Å². The predicted molar refractivity (Wildman–Crippen MR) is 80.1 cm³/mol. The Kier molecular flexibility index (Phi) is 2.93. The molecule has 1 unspecified atom stereocenters. The zero-order valence-corrected chi connectivity index (χ0v) is 11.8. The first-order valence-electron chi connectivity index (χ1n) is 6.71. The van der Waals surface area contributed by atoms with E-state index in [-0.39, 0.29) is 11.6 Å². The topological polar surface area (TPSA) is 50.7 Å². The van der Waals surface area contributed by atoms with E-state index in [1.165, 1.54) is 0 Å². The van der Waals surface area contributed by atoms with E-state index in [4.69, 9.17) is 0 Å². The number of hydrogen-bond donors (Lipinski definition) is 1. The summed E-state index contributed by atoms with van der Waals surface area (Å²) in [5, 5.41) is 0.649. The average molecular weight is 267 g/mol. The Morgan fingerprint density at radius 1 is 1.20 bits per heavy atom.